The molecular formula is C11H16N2O4. The predicted octanol–water partition coefficient (Wildman–Crippen LogP) is 1.22. The van der Waals surface area contributed by atoms with Gasteiger partial charge in [-0.25, -0.2) is 0 Å². The van der Waals surface area contributed by atoms with Crippen molar-refractivity contribution >= 4 is 11.9 Å². The highest BCUT2D eigenvalue weighted by atomic mass is 16.5. The maximum absolute atomic E-state index is 11.7. The topological polar surface area (TPSA) is 92.4 Å². The fraction of sp³-hybridized carbons (Fsp3) is 0.545. The van der Waals surface area contributed by atoms with Crippen LogP contribution in [0.3, 0.4) is 0 Å². The van der Waals surface area contributed by atoms with Crippen LogP contribution < -0.4 is 5.32 Å². The molecule has 0 spiro atoms. The average Bonchev–Trinajstić information content (AvgIpc) is 2.75. The average molecular weight is 240 g/mol. The van der Waals surface area contributed by atoms with Gasteiger partial charge in [0.2, 0.25) is 0 Å². The Bertz CT molecular complexity index is 387. The van der Waals surface area contributed by atoms with Crippen LogP contribution in [0, 0.1) is 0 Å². The van der Waals surface area contributed by atoms with Crippen molar-refractivity contribution in [3.63, 3.8) is 0 Å². The van der Waals surface area contributed by atoms with Crippen LogP contribution in [0.4, 0.5) is 0 Å². The zero-order chi connectivity index (χ0) is 12.7. The largest absolute Gasteiger partial charge is 0.481 e. The van der Waals surface area contributed by atoms with Gasteiger partial charge in [-0.3, -0.25) is 9.59 Å². The summed E-state index contributed by atoms with van der Waals surface area (Å²) in [6, 6.07) is 0. The molecule has 1 rings (SSSR count). The van der Waals surface area contributed by atoms with E-state index in [1.54, 1.807) is 0 Å². The maximum atomic E-state index is 11.7. The van der Waals surface area contributed by atoms with Crippen molar-refractivity contribution in [1.29, 1.82) is 0 Å². The summed E-state index contributed by atoms with van der Waals surface area (Å²) in [5.41, 5.74) is 0.450. The summed E-state index contributed by atoms with van der Waals surface area (Å²) < 4.78 is 4.91. The van der Waals surface area contributed by atoms with Crippen LogP contribution in [0.5, 0.6) is 0 Å². The van der Waals surface area contributed by atoms with E-state index in [0.717, 1.165) is 0 Å². The summed E-state index contributed by atoms with van der Waals surface area (Å²) >= 11 is 0. The van der Waals surface area contributed by atoms with Crippen molar-refractivity contribution in [1.82, 2.24) is 10.5 Å². The minimum atomic E-state index is -0.816. The van der Waals surface area contributed by atoms with Crippen molar-refractivity contribution in [2.24, 2.45) is 0 Å². The van der Waals surface area contributed by atoms with Crippen LogP contribution in [0.1, 0.15) is 42.3 Å². The number of unbranched alkanes of at least 4 members (excludes halogenated alkanes) is 1. The molecule has 0 fully saturated rings. The minimum Gasteiger partial charge on any atom is -0.481 e. The third-order valence-corrected chi connectivity index (χ3v) is 2.31. The second-order valence-corrected chi connectivity index (χ2v) is 3.62. The Morgan fingerprint density at radius 2 is 2.24 bits per heavy atom. The van der Waals surface area contributed by atoms with Gasteiger partial charge in [0.15, 0.2) is 0 Å². The first-order valence-electron chi connectivity index (χ1n) is 5.58. The van der Waals surface area contributed by atoms with Crippen LogP contribution in [0.15, 0.2) is 10.7 Å². The van der Waals surface area contributed by atoms with Crippen LogP contribution in [0.2, 0.25) is 0 Å². The first kappa shape index (κ1) is 13.2. The Labute approximate surface area is 99.0 Å². The molecule has 0 saturated heterocycles. The number of hydrogen-bond acceptors (Lipinski definition) is 4. The van der Waals surface area contributed by atoms with Gasteiger partial charge in [0, 0.05) is 19.4 Å². The van der Waals surface area contributed by atoms with Gasteiger partial charge in [0.1, 0.15) is 11.3 Å². The number of aromatic nitrogens is 1. The SMILES string of the molecule is CCc1oncc1C(=O)NCCCCC(=O)O. The molecule has 0 saturated carbocycles. The van der Waals surface area contributed by atoms with Gasteiger partial charge in [-0.15, -0.1) is 0 Å². The van der Waals surface area contributed by atoms with E-state index in [0.29, 0.717) is 37.1 Å². The highest BCUT2D eigenvalue weighted by molar-refractivity contribution is 5.94. The third kappa shape index (κ3) is 4.26. The van der Waals surface area contributed by atoms with E-state index < -0.39 is 5.97 Å². The standard InChI is InChI=1S/C11H16N2O4/c1-2-9-8(7-13-17-9)11(16)12-6-4-3-5-10(14)15/h7H,2-6H2,1H3,(H,12,16)(H,14,15). The van der Waals surface area contributed by atoms with Crippen LogP contribution in [-0.2, 0) is 11.2 Å². The van der Waals surface area contributed by atoms with Crippen LogP contribution in [-0.4, -0.2) is 28.7 Å². The van der Waals surface area contributed by atoms with Gasteiger partial charge in [-0.2, -0.15) is 0 Å². The normalized spacial score (nSPS) is 10.2. The quantitative estimate of drug-likeness (QED) is 0.699. The number of rotatable bonds is 7. The lowest BCUT2D eigenvalue weighted by Gasteiger charge is -2.03. The Hall–Kier alpha value is -1.85. The number of carbonyl (C=O) groups is 2. The number of aryl methyl sites for hydroxylation is 1. The maximum Gasteiger partial charge on any atom is 0.303 e. The zero-order valence-corrected chi connectivity index (χ0v) is 9.73. The number of carboxylic acid groups (broad SMARTS) is 1. The summed E-state index contributed by atoms with van der Waals surface area (Å²) in [5.74, 6) is -0.477. The molecule has 0 radical (unpaired) electrons. The van der Waals surface area contributed by atoms with Gasteiger partial charge in [-0.05, 0) is 12.8 Å². The van der Waals surface area contributed by atoms with Gasteiger partial charge in [-0.1, -0.05) is 12.1 Å². The fourth-order valence-corrected chi connectivity index (χ4v) is 1.40. The van der Waals surface area contributed by atoms with Gasteiger partial charge in [0.25, 0.3) is 5.91 Å². The number of amides is 1. The molecule has 0 aromatic carbocycles. The Balaban J connectivity index is 2.28. The van der Waals surface area contributed by atoms with E-state index in [9.17, 15) is 9.59 Å². The molecule has 17 heavy (non-hydrogen) atoms. The molecule has 1 heterocycles. The molecule has 1 amide bonds. The number of aliphatic carboxylic acids is 1. The fourth-order valence-electron chi connectivity index (χ4n) is 1.40. The lowest BCUT2D eigenvalue weighted by molar-refractivity contribution is -0.137. The highest BCUT2D eigenvalue weighted by Crippen LogP contribution is 2.08. The molecule has 0 atom stereocenters. The molecule has 0 aliphatic rings. The molecule has 94 valence electrons. The lowest BCUT2D eigenvalue weighted by Crippen LogP contribution is -2.25. The van der Waals surface area contributed by atoms with Crippen molar-refractivity contribution in [3.05, 3.63) is 17.5 Å². The highest BCUT2D eigenvalue weighted by Gasteiger charge is 2.13. The third-order valence-electron chi connectivity index (χ3n) is 2.31. The molecular weight excluding hydrogens is 224 g/mol. The molecule has 6 nitrogen and oxygen atoms in total. The number of hydrogen-bond donors (Lipinski definition) is 2. The smallest absolute Gasteiger partial charge is 0.303 e. The number of nitrogens with zero attached hydrogens (tertiary/aromatic N) is 1. The zero-order valence-electron chi connectivity index (χ0n) is 9.73. The molecule has 1 aromatic heterocycles. The first-order valence-corrected chi connectivity index (χ1v) is 5.58. The number of carbonyl (C=O) groups excluding carboxylic acids is 1. The van der Waals surface area contributed by atoms with E-state index in [4.69, 9.17) is 9.63 Å². The van der Waals surface area contributed by atoms with E-state index in [1.807, 2.05) is 6.92 Å². The van der Waals surface area contributed by atoms with Crippen LogP contribution in [0.25, 0.3) is 0 Å². The van der Waals surface area contributed by atoms with E-state index >= 15 is 0 Å². The summed E-state index contributed by atoms with van der Waals surface area (Å²) in [6.45, 7) is 2.34. The second-order valence-electron chi connectivity index (χ2n) is 3.62. The van der Waals surface area contributed by atoms with Crippen molar-refractivity contribution < 1.29 is 19.2 Å². The van der Waals surface area contributed by atoms with Gasteiger partial charge >= 0.3 is 5.97 Å². The Morgan fingerprint density at radius 1 is 1.47 bits per heavy atom. The van der Waals surface area contributed by atoms with Gasteiger partial charge < -0.3 is 14.9 Å². The molecule has 0 bridgehead atoms. The van der Waals surface area contributed by atoms with E-state index in [2.05, 4.69) is 10.5 Å². The summed E-state index contributed by atoms with van der Waals surface area (Å²) in [4.78, 5) is 21.9. The molecule has 0 aliphatic carbocycles. The molecule has 2 N–H and O–H groups in total. The molecule has 0 aliphatic heterocycles. The number of carboxylic acids is 1. The van der Waals surface area contributed by atoms with Crippen molar-refractivity contribution in [2.75, 3.05) is 6.54 Å². The lowest BCUT2D eigenvalue weighted by atomic mass is 10.2. The Kier molecular flexibility index (Phi) is 5.19. The van der Waals surface area contributed by atoms with Crippen molar-refractivity contribution in [3.8, 4) is 0 Å². The van der Waals surface area contributed by atoms with Crippen LogP contribution >= 0.6 is 0 Å². The Morgan fingerprint density at radius 3 is 2.88 bits per heavy atom. The minimum absolute atomic E-state index is 0.128. The van der Waals surface area contributed by atoms with Crippen molar-refractivity contribution in [2.45, 2.75) is 32.6 Å². The molecule has 1 aromatic rings. The van der Waals surface area contributed by atoms with Gasteiger partial charge in [0.05, 0.1) is 6.20 Å². The van der Waals surface area contributed by atoms with E-state index in [1.165, 1.54) is 6.20 Å². The predicted molar refractivity (Wildman–Crippen MR) is 59.7 cm³/mol. The first-order chi connectivity index (χ1) is 8.15. The summed E-state index contributed by atoms with van der Waals surface area (Å²) in [5, 5.41) is 14.7. The molecule has 6 heteroatoms. The second kappa shape index (κ2) is 6.67. The summed E-state index contributed by atoms with van der Waals surface area (Å²) in [6.07, 6.45) is 3.33. The van der Waals surface area contributed by atoms with E-state index in [-0.39, 0.29) is 12.3 Å². The monoisotopic (exact) mass is 240 g/mol. The molecule has 0 unspecified atom stereocenters. The number of nitrogens with one attached hydrogen (secondary N) is 1. The summed E-state index contributed by atoms with van der Waals surface area (Å²) in [7, 11) is 0.